The topological polar surface area (TPSA) is 76.9 Å². The average Bonchev–Trinajstić information content (AvgIpc) is 3.25. The Balaban J connectivity index is 1.63. The predicted octanol–water partition coefficient (Wildman–Crippen LogP) is 4.27. The number of thioether (sulfide) groups is 1. The number of hydrogen-bond donors (Lipinski definition) is 1. The third-order valence-corrected chi connectivity index (χ3v) is 5.76. The number of anilines is 1. The second-order valence-corrected chi connectivity index (χ2v) is 8.02. The summed E-state index contributed by atoms with van der Waals surface area (Å²) in [5.41, 5.74) is 2.33. The lowest BCUT2D eigenvalue weighted by Crippen LogP contribution is -2.14. The van der Waals surface area contributed by atoms with Crippen molar-refractivity contribution >= 4 is 40.5 Å². The molecule has 0 aliphatic rings. The Kier molecular flexibility index (Phi) is 6.08. The van der Waals surface area contributed by atoms with E-state index < -0.39 is 0 Å². The maximum Gasteiger partial charge on any atom is 0.234 e. The summed E-state index contributed by atoms with van der Waals surface area (Å²) >= 11 is 3.03. The number of benzene rings is 1. The van der Waals surface area contributed by atoms with E-state index in [2.05, 4.69) is 33.9 Å². The molecule has 0 spiro atoms. The summed E-state index contributed by atoms with van der Waals surface area (Å²) < 4.78 is 2.01. The van der Waals surface area contributed by atoms with Crippen molar-refractivity contribution < 1.29 is 9.59 Å². The molecule has 0 aliphatic carbocycles. The first-order valence-electron chi connectivity index (χ1n) is 8.50. The van der Waals surface area contributed by atoms with Crippen LogP contribution in [-0.4, -0.2) is 32.2 Å². The van der Waals surface area contributed by atoms with Gasteiger partial charge < -0.3 is 9.88 Å². The number of carbonyl (C=O) groups excluding carboxylic acids is 2. The fourth-order valence-electron chi connectivity index (χ4n) is 2.57. The minimum atomic E-state index is -0.130. The maximum atomic E-state index is 12.2. The number of aryl methyl sites for hydroxylation is 1. The Morgan fingerprint density at radius 3 is 2.56 bits per heavy atom. The van der Waals surface area contributed by atoms with Crippen molar-refractivity contribution in [2.45, 2.75) is 32.5 Å². The summed E-state index contributed by atoms with van der Waals surface area (Å²) in [5.74, 6) is 0.924. The van der Waals surface area contributed by atoms with Gasteiger partial charge in [0.2, 0.25) is 5.91 Å². The summed E-state index contributed by atoms with van der Waals surface area (Å²) in [6.45, 7) is 6.34. The number of thiophene rings is 1. The van der Waals surface area contributed by atoms with Crippen LogP contribution in [-0.2, 0) is 11.3 Å². The third-order valence-electron chi connectivity index (χ3n) is 3.93. The van der Waals surface area contributed by atoms with Crippen LogP contribution in [0.1, 0.15) is 29.1 Å². The van der Waals surface area contributed by atoms with Gasteiger partial charge in [0.15, 0.2) is 16.8 Å². The van der Waals surface area contributed by atoms with E-state index in [-0.39, 0.29) is 17.4 Å². The van der Waals surface area contributed by atoms with Gasteiger partial charge in [0.25, 0.3) is 0 Å². The molecule has 0 radical (unpaired) electrons. The molecule has 2 aromatic heterocycles. The van der Waals surface area contributed by atoms with Gasteiger partial charge in [-0.25, -0.2) is 0 Å². The van der Waals surface area contributed by atoms with Gasteiger partial charge >= 0.3 is 0 Å². The highest BCUT2D eigenvalue weighted by Gasteiger charge is 2.15. The van der Waals surface area contributed by atoms with Crippen LogP contribution in [0.2, 0.25) is 0 Å². The van der Waals surface area contributed by atoms with Gasteiger partial charge in [-0.3, -0.25) is 9.59 Å². The Labute approximate surface area is 166 Å². The van der Waals surface area contributed by atoms with E-state index in [1.54, 1.807) is 35.6 Å². The molecule has 0 saturated heterocycles. The van der Waals surface area contributed by atoms with Crippen LogP contribution in [0.15, 0.2) is 40.9 Å². The van der Waals surface area contributed by atoms with Crippen molar-refractivity contribution in [3.05, 3.63) is 46.2 Å². The molecule has 1 N–H and O–H groups in total. The summed E-state index contributed by atoms with van der Waals surface area (Å²) in [4.78, 5) is 24.8. The molecule has 0 unspecified atom stereocenters. The average molecular weight is 401 g/mol. The molecule has 6 nitrogen and oxygen atoms in total. The lowest BCUT2D eigenvalue weighted by atomic mass is 10.1. The molecule has 27 heavy (non-hydrogen) atoms. The van der Waals surface area contributed by atoms with Crippen molar-refractivity contribution in [3.63, 3.8) is 0 Å². The van der Waals surface area contributed by atoms with Crippen LogP contribution in [0.3, 0.4) is 0 Å². The first-order chi connectivity index (χ1) is 13.0. The molecule has 0 bridgehead atoms. The highest BCUT2D eigenvalue weighted by Crippen LogP contribution is 2.27. The molecular weight excluding hydrogens is 380 g/mol. The highest BCUT2D eigenvalue weighted by atomic mass is 32.2. The molecule has 0 aliphatic heterocycles. The number of carbonyl (C=O) groups is 2. The second-order valence-electron chi connectivity index (χ2n) is 5.97. The standard InChI is InChI=1S/C19H20N4O2S2/c1-4-23-18(15-9-12(2)26-10-15)21-22-19(23)27-11-17(25)20-16-7-5-14(6-8-16)13(3)24/h5-10H,4,11H2,1-3H3,(H,20,25). The highest BCUT2D eigenvalue weighted by molar-refractivity contribution is 7.99. The molecule has 8 heteroatoms. The van der Waals surface area contributed by atoms with E-state index in [1.165, 1.54) is 23.6 Å². The van der Waals surface area contributed by atoms with Gasteiger partial charge in [-0.2, -0.15) is 0 Å². The van der Waals surface area contributed by atoms with E-state index in [0.29, 0.717) is 11.3 Å². The molecule has 1 amide bonds. The number of amides is 1. The molecule has 1 aromatic carbocycles. The van der Waals surface area contributed by atoms with Gasteiger partial charge in [0, 0.05) is 33.6 Å². The maximum absolute atomic E-state index is 12.2. The molecule has 3 aromatic rings. The number of nitrogens with one attached hydrogen (secondary N) is 1. The molecule has 0 atom stereocenters. The van der Waals surface area contributed by atoms with Crippen molar-refractivity contribution in [1.29, 1.82) is 0 Å². The van der Waals surface area contributed by atoms with Gasteiger partial charge in [0.05, 0.1) is 5.75 Å². The number of aromatic nitrogens is 3. The number of nitrogens with zero attached hydrogens (tertiary/aromatic N) is 3. The number of Topliss-reactive ketones (excluding diaryl/α,β-unsaturated/α-hetero) is 1. The molecular formula is C19H20N4O2S2. The summed E-state index contributed by atoms with van der Waals surface area (Å²) in [6.07, 6.45) is 0. The van der Waals surface area contributed by atoms with E-state index in [0.717, 1.165) is 23.1 Å². The Morgan fingerprint density at radius 1 is 1.22 bits per heavy atom. The van der Waals surface area contributed by atoms with Crippen LogP contribution >= 0.6 is 23.1 Å². The van der Waals surface area contributed by atoms with E-state index in [9.17, 15) is 9.59 Å². The normalized spacial score (nSPS) is 10.8. The van der Waals surface area contributed by atoms with Crippen LogP contribution < -0.4 is 5.32 Å². The number of hydrogen-bond acceptors (Lipinski definition) is 6. The molecule has 2 heterocycles. The van der Waals surface area contributed by atoms with E-state index in [1.807, 2.05) is 11.5 Å². The fraction of sp³-hybridized carbons (Fsp3) is 0.263. The predicted molar refractivity (Wildman–Crippen MR) is 110 cm³/mol. The fourth-order valence-corrected chi connectivity index (χ4v) is 4.05. The zero-order valence-electron chi connectivity index (χ0n) is 15.4. The molecule has 140 valence electrons. The van der Waals surface area contributed by atoms with Crippen molar-refractivity contribution in [2.75, 3.05) is 11.1 Å². The zero-order chi connectivity index (χ0) is 19.4. The molecule has 3 rings (SSSR count). The molecule has 0 fully saturated rings. The van der Waals surface area contributed by atoms with Gasteiger partial charge in [-0.05, 0) is 51.1 Å². The van der Waals surface area contributed by atoms with Gasteiger partial charge in [-0.1, -0.05) is 11.8 Å². The monoisotopic (exact) mass is 400 g/mol. The smallest absolute Gasteiger partial charge is 0.234 e. The molecule has 0 saturated carbocycles. The Bertz CT molecular complexity index is 961. The summed E-state index contributed by atoms with van der Waals surface area (Å²) in [6, 6.07) is 8.95. The summed E-state index contributed by atoms with van der Waals surface area (Å²) in [5, 5.41) is 14.2. The first kappa shape index (κ1) is 19.3. The summed E-state index contributed by atoms with van der Waals surface area (Å²) in [7, 11) is 0. The Morgan fingerprint density at radius 2 is 1.96 bits per heavy atom. The third kappa shape index (κ3) is 4.64. The number of ketones is 1. The van der Waals surface area contributed by atoms with Crippen LogP contribution in [0.5, 0.6) is 0 Å². The van der Waals surface area contributed by atoms with Crippen LogP contribution in [0.25, 0.3) is 11.4 Å². The largest absolute Gasteiger partial charge is 0.325 e. The lowest BCUT2D eigenvalue weighted by Gasteiger charge is -2.07. The second kappa shape index (κ2) is 8.49. The van der Waals surface area contributed by atoms with Gasteiger partial charge in [0.1, 0.15) is 0 Å². The van der Waals surface area contributed by atoms with E-state index in [4.69, 9.17) is 0 Å². The minimum Gasteiger partial charge on any atom is -0.325 e. The quantitative estimate of drug-likeness (QED) is 0.473. The SMILES string of the molecule is CCn1c(SCC(=O)Nc2ccc(C(C)=O)cc2)nnc1-c1csc(C)c1. The number of rotatable bonds is 7. The first-order valence-corrected chi connectivity index (χ1v) is 10.4. The van der Waals surface area contributed by atoms with Crippen molar-refractivity contribution in [2.24, 2.45) is 0 Å². The zero-order valence-corrected chi connectivity index (χ0v) is 17.0. The Hall–Kier alpha value is -2.45. The van der Waals surface area contributed by atoms with Crippen molar-refractivity contribution in [1.82, 2.24) is 14.8 Å². The van der Waals surface area contributed by atoms with Crippen molar-refractivity contribution in [3.8, 4) is 11.4 Å². The van der Waals surface area contributed by atoms with Gasteiger partial charge in [-0.15, -0.1) is 21.5 Å². The minimum absolute atomic E-state index is 0.000968. The van der Waals surface area contributed by atoms with Crippen LogP contribution in [0, 0.1) is 6.92 Å². The van der Waals surface area contributed by atoms with E-state index >= 15 is 0 Å². The van der Waals surface area contributed by atoms with Crippen LogP contribution in [0.4, 0.5) is 5.69 Å². The lowest BCUT2D eigenvalue weighted by molar-refractivity contribution is -0.113.